The fourth-order valence-corrected chi connectivity index (χ4v) is 6.90. The van der Waals surface area contributed by atoms with Gasteiger partial charge in [-0.15, -0.1) is 0 Å². The summed E-state index contributed by atoms with van der Waals surface area (Å²) in [5.41, 5.74) is 0. The van der Waals surface area contributed by atoms with Crippen molar-refractivity contribution >= 4 is 11.9 Å². The zero-order valence-electron chi connectivity index (χ0n) is 36.5. The van der Waals surface area contributed by atoms with E-state index in [-0.39, 0.29) is 25.2 Å². The van der Waals surface area contributed by atoms with E-state index in [4.69, 9.17) is 14.2 Å². The van der Waals surface area contributed by atoms with Gasteiger partial charge in [-0.3, -0.25) is 9.59 Å². The van der Waals surface area contributed by atoms with Crippen molar-refractivity contribution in [2.75, 3.05) is 19.8 Å². The van der Waals surface area contributed by atoms with Crippen LogP contribution < -0.4 is 0 Å². The highest BCUT2D eigenvalue weighted by atomic mass is 16.6. The van der Waals surface area contributed by atoms with Crippen LogP contribution >= 0.6 is 0 Å². The average Bonchev–Trinajstić information content (AvgIpc) is 3.17. The van der Waals surface area contributed by atoms with E-state index in [2.05, 4.69) is 45.1 Å². The minimum atomic E-state index is -0.532. The largest absolute Gasteiger partial charge is 0.462 e. The molecule has 1 atom stereocenters. The molecular formula is C49H92O5. The second-order valence-corrected chi connectivity index (χ2v) is 16.0. The maximum absolute atomic E-state index is 12.7. The molecule has 0 aliphatic carbocycles. The first-order valence-corrected chi connectivity index (χ1v) is 23.9. The Morgan fingerprint density at radius 2 is 0.815 bits per heavy atom. The number of ether oxygens (including phenoxy) is 3. The number of rotatable bonds is 44. The Labute approximate surface area is 337 Å². The van der Waals surface area contributed by atoms with Crippen molar-refractivity contribution in [1.82, 2.24) is 0 Å². The van der Waals surface area contributed by atoms with Gasteiger partial charge in [0, 0.05) is 19.4 Å². The van der Waals surface area contributed by atoms with E-state index in [1.165, 1.54) is 161 Å². The van der Waals surface area contributed by atoms with Gasteiger partial charge in [-0.2, -0.15) is 0 Å². The summed E-state index contributed by atoms with van der Waals surface area (Å²) in [6.07, 6.45) is 51.9. The van der Waals surface area contributed by atoms with E-state index >= 15 is 0 Å². The van der Waals surface area contributed by atoms with Gasteiger partial charge in [-0.25, -0.2) is 0 Å². The highest BCUT2D eigenvalue weighted by molar-refractivity contribution is 5.70. The third-order valence-electron chi connectivity index (χ3n) is 10.5. The molecule has 5 nitrogen and oxygen atoms in total. The zero-order valence-corrected chi connectivity index (χ0v) is 36.5. The number of hydrogen-bond donors (Lipinski definition) is 0. The maximum Gasteiger partial charge on any atom is 0.306 e. The molecule has 0 bridgehead atoms. The highest BCUT2D eigenvalue weighted by Crippen LogP contribution is 2.16. The molecule has 318 valence electrons. The Kier molecular flexibility index (Phi) is 44.4. The van der Waals surface area contributed by atoms with Crippen molar-refractivity contribution in [1.29, 1.82) is 0 Å². The van der Waals surface area contributed by atoms with Gasteiger partial charge in [0.25, 0.3) is 0 Å². The number of allylic oxidation sites excluding steroid dienone is 4. The van der Waals surface area contributed by atoms with Crippen LogP contribution in [0.15, 0.2) is 24.3 Å². The number of carbonyl (C=O) groups is 2. The first-order valence-electron chi connectivity index (χ1n) is 23.9. The number of hydrogen-bond acceptors (Lipinski definition) is 5. The van der Waals surface area contributed by atoms with E-state index in [1.807, 2.05) is 0 Å². The van der Waals surface area contributed by atoms with Gasteiger partial charge in [-0.05, 0) is 44.9 Å². The monoisotopic (exact) mass is 761 g/mol. The predicted octanol–water partition coefficient (Wildman–Crippen LogP) is 15.7. The standard InChI is InChI=1S/C49H92O5/c1-4-7-10-13-16-18-20-22-23-24-25-26-27-29-30-32-34-36-39-42-48(50)53-46-47(45-52-44-41-38-15-12-9-6-3)54-49(51)43-40-37-35-33-31-28-21-19-17-14-11-8-5-2/h11,14,19,21,47H,4-10,12-13,15-18,20,22-46H2,1-3H3/b14-11-,21-19-. The second kappa shape index (κ2) is 45.8. The average molecular weight is 761 g/mol. The molecule has 0 aromatic rings. The topological polar surface area (TPSA) is 61.8 Å². The molecule has 0 fully saturated rings. The van der Waals surface area contributed by atoms with Gasteiger partial charge in [0.15, 0.2) is 6.10 Å². The SMILES string of the molecule is CCC/C=C\C/C=C\CCCCCCCC(=O)OC(COCCCCCCCC)COC(=O)CCCCCCCCCCCCCCCCCCCCC. The fourth-order valence-electron chi connectivity index (χ4n) is 6.90. The Morgan fingerprint density at radius 1 is 0.407 bits per heavy atom. The summed E-state index contributed by atoms with van der Waals surface area (Å²) in [5.74, 6) is -0.404. The molecule has 0 aliphatic heterocycles. The molecule has 54 heavy (non-hydrogen) atoms. The Hall–Kier alpha value is -1.62. The summed E-state index contributed by atoms with van der Waals surface area (Å²) in [4.78, 5) is 25.2. The predicted molar refractivity (Wildman–Crippen MR) is 233 cm³/mol. The fraction of sp³-hybridized carbons (Fsp3) is 0.878. The molecule has 0 saturated carbocycles. The van der Waals surface area contributed by atoms with Gasteiger partial charge in [0.1, 0.15) is 6.61 Å². The zero-order chi connectivity index (χ0) is 39.3. The summed E-state index contributed by atoms with van der Waals surface area (Å²) in [6, 6.07) is 0. The first kappa shape index (κ1) is 52.4. The van der Waals surface area contributed by atoms with Crippen LogP contribution in [-0.4, -0.2) is 37.9 Å². The lowest BCUT2D eigenvalue weighted by molar-refractivity contribution is -0.163. The molecule has 0 N–H and O–H groups in total. The molecular weight excluding hydrogens is 669 g/mol. The summed E-state index contributed by atoms with van der Waals surface area (Å²) >= 11 is 0. The number of esters is 2. The lowest BCUT2D eigenvalue weighted by Crippen LogP contribution is -2.30. The first-order chi connectivity index (χ1) is 26.6. The molecule has 0 amide bonds. The molecule has 0 heterocycles. The van der Waals surface area contributed by atoms with Crippen molar-refractivity contribution in [2.24, 2.45) is 0 Å². The molecule has 1 unspecified atom stereocenters. The minimum absolute atomic E-state index is 0.0854. The van der Waals surface area contributed by atoms with Crippen LogP contribution in [0, 0.1) is 0 Å². The molecule has 0 saturated heterocycles. The molecule has 0 aromatic heterocycles. The van der Waals surface area contributed by atoms with Crippen molar-refractivity contribution in [3.05, 3.63) is 24.3 Å². The van der Waals surface area contributed by atoms with E-state index in [1.54, 1.807) is 0 Å². The summed E-state index contributed by atoms with van der Waals surface area (Å²) < 4.78 is 17.2. The van der Waals surface area contributed by atoms with Crippen molar-refractivity contribution in [3.63, 3.8) is 0 Å². The lowest BCUT2D eigenvalue weighted by atomic mass is 10.0. The van der Waals surface area contributed by atoms with Crippen molar-refractivity contribution < 1.29 is 23.8 Å². The Balaban J connectivity index is 4.03. The molecule has 0 aliphatic rings. The Morgan fingerprint density at radius 3 is 1.30 bits per heavy atom. The normalized spacial score (nSPS) is 12.3. The quantitative estimate of drug-likeness (QED) is 0.0352. The second-order valence-electron chi connectivity index (χ2n) is 16.0. The van der Waals surface area contributed by atoms with E-state index in [0.29, 0.717) is 19.4 Å². The molecule has 0 spiro atoms. The van der Waals surface area contributed by atoms with Gasteiger partial charge in [0.05, 0.1) is 6.61 Å². The lowest BCUT2D eigenvalue weighted by Gasteiger charge is -2.18. The smallest absolute Gasteiger partial charge is 0.306 e. The van der Waals surface area contributed by atoms with Gasteiger partial charge in [-0.1, -0.05) is 218 Å². The van der Waals surface area contributed by atoms with E-state index in [9.17, 15) is 9.59 Å². The van der Waals surface area contributed by atoms with Crippen LogP contribution in [-0.2, 0) is 23.8 Å². The molecule has 0 rings (SSSR count). The van der Waals surface area contributed by atoms with Crippen LogP contribution in [0.1, 0.15) is 252 Å². The summed E-state index contributed by atoms with van der Waals surface area (Å²) in [6.45, 7) is 7.75. The van der Waals surface area contributed by atoms with Crippen molar-refractivity contribution in [3.8, 4) is 0 Å². The Bertz CT molecular complexity index is 821. The third-order valence-corrected chi connectivity index (χ3v) is 10.5. The minimum Gasteiger partial charge on any atom is -0.462 e. The molecule has 0 aromatic carbocycles. The summed E-state index contributed by atoms with van der Waals surface area (Å²) in [5, 5.41) is 0. The van der Waals surface area contributed by atoms with Crippen LogP contribution in [0.25, 0.3) is 0 Å². The maximum atomic E-state index is 12.7. The number of unbranched alkanes of at least 4 members (excludes halogenated alkanes) is 29. The highest BCUT2D eigenvalue weighted by Gasteiger charge is 2.17. The number of carbonyl (C=O) groups excluding carboxylic acids is 2. The third kappa shape index (κ3) is 43.1. The van der Waals surface area contributed by atoms with Gasteiger partial charge < -0.3 is 14.2 Å². The van der Waals surface area contributed by atoms with E-state index < -0.39 is 6.10 Å². The molecule has 5 heteroatoms. The van der Waals surface area contributed by atoms with Crippen molar-refractivity contribution in [2.45, 2.75) is 258 Å². The van der Waals surface area contributed by atoms with Crippen LogP contribution in [0.3, 0.4) is 0 Å². The van der Waals surface area contributed by atoms with E-state index in [0.717, 1.165) is 57.8 Å². The van der Waals surface area contributed by atoms with Crippen LogP contribution in [0.4, 0.5) is 0 Å². The molecule has 0 radical (unpaired) electrons. The van der Waals surface area contributed by atoms with Crippen LogP contribution in [0.2, 0.25) is 0 Å². The van der Waals surface area contributed by atoms with Crippen LogP contribution in [0.5, 0.6) is 0 Å². The van der Waals surface area contributed by atoms with Gasteiger partial charge in [0.2, 0.25) is 0 Å². The van der Waals surface area contributed by atoms with Gasteiger partial charge >= 0.3 is 11.9 Å². The summed E-state index contributed by atoms with van der Waals surface area (Å²) in [7, 11) is 0.